The van der Waals surface area contributed by atoms with E-state index in [1.807, 2.05) is 0 Å². The Labute approximate surface area is 119 Å². The maximum absolute atomic E-state index is 13.1. The van der Waals surface area contributed by atoms with Crippen LogP contribution in [0.4, 0.5) is 8.78 Å². The molecule has 1 aliphatic rings. The van der Waals surface area contributed by atoms with Gasteiger partial charge in [-0.3, -0.25) is 19.7 Å². The van der Waals surface area contributed by atoms with Crippen molar-refractivity contribution in [3.63, 3.8) is 0 Å². The zero-order valence-corrected chi connectivity index (χ0v) is 11.6. The SMILES string of the molecule is CC1(C)C(=O)NC(=O)CN1C(=O)Cc1ccc(F)c(F)c1. The van der Waals surface area contributed by atoms with Crippen LogP contribution in [-0.2, 0) is 20.8 Å². The molecule has 1 aromatic rings. The molecule has 7 heteroatoms. The highest BCUT2D eigenvalue weighted by Gasteiger charge is 2.43. The molecule has 3 amide bonds. The molecule has 1 fully saturated rings. The molecular weight excluding hydrogens is 282 g/mol. The summed E-state index contributed by atoms with van der Waals surface area (Å²) in [7, 11) is 0. The quantitative estimate of drug-likeness (QED) is 0.820. The molecule has 112 valence electrons. The third-order valence-corrected chi connectivity index (χ3v) is 3.43. The summed E-state index contributed by atoms with van der Waals surface area (Å²) in [5.74, 6) is -3.70. The molecule has 21 heavy (non-hydrogen) atoms. The first-order chi connectivity index (χ1) is 9.71. The van der Waals surface area contributed by atoms with Gasteiger partial charge in [0.15, 0.2) is 11.6 Å². The molecule has 1 N–H and O–H groups in total. The topological polar surface area (TPSA) is 66.5 Å². The largest absolute Gasteiger partial charge is 0.319 e. The molecule has 1 aliphatic heterocycles. The predicted octanol–water partition coefficient (Wildman–Crippen LogP) is 0.771. The number of hydrogen-bond donors (Lipinski definition) is 1. The van der Waals surface area contributed by atoms with E-state index in [2.05, 4.69) is 5.32 Å². The summed E-state index contributed by atoms with van der Waals surface area (Å²) in [5, 5.41) is 2.15. The van der Waals surface area contributed by atoms with Crippen molar-refractivity contribution >= 4 is 17.7 Å². The zero-order chi connectivity index (χ0) is 15.8. The molecule has 0 saturated carbocycles. The summed E-state index contributed by atoms with van der Waals surface area (Å²) in [6.07, 6.45) is -0.221. The minimum Gasteiger partial charge on any atom is -0.319 e. The van der Waals surface area contributed by atoms with Gasteiger partial charge in [-0.1, -0.05) is 6.07 Å². The highest BCUT2D eigenvalue weighted by Crippen LogP contribution is 2.20. The molecule has 0 unspecified atom stereocenters. The number of hydrogen-bond acceptors (Lipinski definition) is 3. The van der Waals surface area contributed by atoms with Crippen molar-refractivity contribution in [2.24, 2.45) is 0 Å². The second-order valence-electron chi connectivity index (χ2n) is 5.34. The molecule has 0 aliphatic carbocycles. The van der Waals surface area contributed by atoms with E-state index in [1.54, 1.807) is 0 Å². The Hall–Kier alpha value is -2.31. The van der Waals surface area contributed by atoms with Crippen molar-refractivity contribution < 1.29 is 23.2 Å². The number of halogens is 2. The fourth-order valence-corrected chi connectivity index (χ4v) is 2.10. The second kappa shape index (κ2) is 5.23. The van der Waals surface area contributed by atoms with Crippen molar-refractivity contribution in [3.8, 4) is 0 Å². The minimum absolute atomic E-state index is 0.221. The molecule has 2 rings (SSSR count). The Kier molecular flexibility index (Phi) is 3.76. The number of imide groups is 1. The van der Waals surface area contributed by atoms with E-state index in [0.717, 1.165) is 17.0 Å². The summed E-state index contributed by atoms with van der Waals surface area (Å²) in [5.41, 5.74) is -0.906. The number of amides is 3. The van der Waals surface area contributed by atoms with Gasteiger partial charge in [-0.2, -0.15) is 0 Å². The summed E-state index contributed by atoms with van der Waals surface area (Å²) >= 11 is 0. The van der Waals surface area contributed by atoms with Crippen LogP contribution in [-0.4, -0.2) is 34.7 Å². The first-order valence-electron chi connectivity index (χ1n) is 6.30. The van der Waals surface area contributed by atoms with Crippen molar-refractivity contribution in [1.29, 1.82) is 0 Å². The van der Waals surface area contributed by atoms with E-state index in [0.29, 0.717) is 0 Å². The van der Waals surface area contributed by atoms with Crippen molar-refractivity contribution in [3.05, 3.63) is 35.4 Å². The zero-order valence-electron chi connectivity index (χ0n) is 11.6. The smallest absolute Gasteiger partial charge is 0.252 e. The van der Waals surface area contributed by atoms with Crippen LogP contribution in [0.3, 0.4) is 0 Å². The molecule has 0 spiro atoms. The Balaban J connectivity index is 2.20. The highest BCUT2D eigenvalue weighted by molar-refractivity contribution is 6.06. The molecule has 0 aromatic heterocycles. The van der Waals surface area contributed by atoms with Crippen molar-refractivity contribution in [2.45, 2.75) is 25.8 Å². The summed E-state index contributed by atoms with van der Waals surface area (Å²) < 4.78 is 26.0. The first kappa shape index (κ1) is 15.1. The van der Waals surface area contributed by atoms with Gasteiger partial charge in [0.1, 0.15) is 12.1 Å². The van der Waals surface area contributed by atoms with Gasteiger partial charge < -0.3 is 4.90 Å². The summed E-state index contributed by atoms with van der Waals surface area (Å²) in [6, 6.07) is 3.14. The van der Waals surface area contributed by atoms with Crippen LogP contribution in [0.15, 0.2) is 18.2 Å². The summed E-state index contributed by atoms with van der Waals surface area (Å²) in [6.45, 7) is 2.77. The number of carbonyl (C=O) groups excluding carboxylic acids is 3. The highest BCUT2D eigenvalue weighted by atomic mass is 19.2. The molecule has 0 bridgehead atoms. The lowest BCUT2D eigenvalue weighted by atomic mass is 9.97. The van der Waals surface area contributed by atoms with Gasteiger partial charge in [0.2, 0.25) is 11.8 Å². The minimum atomic E-state index is -1.18. The lowest BCUT2D eigenvalue weighted by Crippen LogP contribution is -2.65. The van der Waals surface area contributed by atoms with Gasteiger partial charge in [-0.25, -0.2) is 8.78 Å². The molecule has 0 radical (unpaired) electrons. The van der Waals surface area contributed by atoms with E-state index < -0.39 is 34.9 Å². The lowest BCUT2D eigenvalue weighted by Gasteiger charge is -2.40. The van der Waals surface area contributed by atoms with E-state index in [4.69, 9.17) is 0 Å². The third kappa shape index (κ3) is 2.91. The second-order valence-corrected chi connectivity index (χ2v) is 5.34. The monoisotopic (exact) mass is 296 g/mol. The average Bonchev–Trinajstić information content (AvgIpc) is 2.38. The van der Waals surface area contributed by atoms with Gasteiger partial charge in [-0.05, 0) is 31.5 Å². The van der Waals surface area contributed by atoms with Crippen LogP contribution >= 0.6 is 0 Å². The van der Waals surface area contributed by atoms with E-state index >= 15 is 0 Å². The molecule has 0 atom stereocenters. The first-order valence-corrected chi connectivity index (χ1v) is 6.30. The van der Waals surface area contributed by atoms with Crippen LogP contribution in [0.1, 0.15) is 19.4 Å². The van der Waals surface area contributed by atoms with Crippen LogP contribution in [0.2, 0.25) is 0 Å². The standard InChI is InChI=1S/C14H14F2N2O3/c1-14(2)13(21)17-11(19)7-18(14)12(20)6-8-3-4-9(15)10(16)5-8/h3-5H,6-7H2,1-2H3,(H,17,19,21). The Morgan fingerprint density at radius 1 is 1.29 bits per heavy atom. The van der Waals surface area contributed by atoms with E-state index in [-0.39, 0.29) is 18.5 Å². The fraction of sp³-hybridized carbons (Fsp3) is 0.357. The fourth-order valence-electron chi connectivity index (χ4n) is 2.10. The van der Waals surface area contributed by atoms with Crippen LogP contribution < -0.4 is 5.32 Å². The Morgan fingerprint density at radius 2 is 1.95 bits per heavy atom. The molecule has 5 nitrogen and oxygen atoms in total. The number of piperazine rings is 1. The number of nitrogens with zero attached hydrogens (tertiary/aromatic N) is 1. The van der Waals surface area contributed by atoms with Crippen LogP contribution in [0, 0.1) is 11.6 Å². The molecule has 1 heterocycles. The van der Waals surface area contributed by atoms with Crippen molar-refractivity contribution in [2.75, 3.05) is 6.54 Å². The van der Waals surface area contributed by atoms with Crippen LogP contribution in [0.25, 0.3) is 0 Å². The average molecular weight is 296 g/mol. The number of rotatable bonds is 2. The Morgan fingerprint density at radius 3 is 2.57 bits per heavy atom. The summed E-state index contributed by atoms with van der Waals surface area (Å²) in [4.78, 5) is 36.5. The Bertz CT molecular complexity index is 629. The van der Waals surface area contributed by atoms with Crippen LogP contribution in [0.5, 0.6) is 0 Å². The lowest BCUT2D eigenvalue weighted by molar-refractivity contribution is -0.155. The number of carbonyl (C=O) groups is 3. The number of benzene rings is 1. The van der Waals surface area contributed by atoms with Crippen molar-refractivity contribution in [1.82, 2.24) is 10.2 Å². The van der Waals surface area contributed by atoms with Gasteiger partial charge in [0.25, 0.3) is 5.91 Å². The third-order valence-electron chi connectivity index (χ3n) is 3.43. The predicted molar refractivity (Wildman–Crippen MR) is 69.0 cm³/mol. The number of nitrogens with one attached hydrogen (secondary N) is 1. The maximum Gasteiger partial charge on any atom is 0.252 e. The normalized spacial score (nSPS) is 17.6. The van der Waals surface area contributed by atoms with E-state index in [1.165, 1.54) is 19.9 Å². The van der Waals surface area contributed by atoms with E-state index in [9.17, 15) is 23.2 Å². The molecule has 1 saturated heterocycles. The molecule has 1 aromatic carbocycles. The van der Waals surface area contributed by atoms with Gasteiger partial charge in [0.05, 0.1) is 6.42 Å². The van der Waals surface area contributed by atoms with Gasteiger partial charge in [0, 0.05) is 0 Å². The van der Waals surface area contributed by atoms with Gasteiger partial charge in [-0.15, -0.1) is 0 Å². The molecular formula is C14H14F2N2O3. The van der Waals surface area contributed by atoms with Gasteiger partial charge >= 0.3 is 0 Å². The maximum atomic E-state index is 13.1.